The molecule has 0 aliphatic rings. The van der Waals surface area contributed by atoms with Crippen molar-refractivity contribution in [3.63, 3.8) is 0 Å². The van der Waals surface area contributed by atoms with Gasteiger partial charge in [-0.3, -0.25) is 0 Å². The van der Waals surface area contributed by atoms with Crippen LogP contribution in [-0.4, -0.2) is 33.6 Å². The lowest BCUT2D eigenvalue weighted by atomic mass is 10.1. The van der Waals surface area contributed by atoms with Crippen molar-refractivity contribution in [3.8, 4) is 0 Å². The molecular formula is C13H23NSi. The van der Waals surface area contributed by atoms with Crippen LogP contribution in [0, 0.1) is 0 Å². The molecule has 0 N–H and O–H groups in total. The molecule has 2 heteroatoms. The number of nitrogens with zero attached hydrogens (tertiary/aromatic N) is 1. The predicted molar refractivity (Wildman–Crippen MR) is 71.1 cm³/mol. The first-order chi connectivity index (χ1) is 6.91. The van der Waals surface area contributed by atoms with Crippen LogP contribution in [0.1, 0.15) is 11.1 Å². The van der Waals surface area contributed by atoms with Gasteiger partial charge in [0.25, 0.3) is 0 Å². The molecule has 0 amide bonds. The van der Waals surface area contributed by atoms with Crippen LogP contribution in [0.3, 0.4) is 0 Å². The summed E-state index contributed by atoms with van der Waals surface area (Å²) in [5, 5.41) is 0. The van der Waals surface area contributed by atoms with Gasteiger partial charge in [-0.25, -0.2) is 0 Å². The molecule has 1 atom stereocenters. The molecule has 1 aromatic rings. The van der Waals surface area contributed by atoms with Gasteiger partial charge in [0.15, 0.2) is 0 Å². The summed E-state index contributed by atoms with van der Waals surface area (Å²) in [6.07, 6.45) is 0. The minimum Gasteiger partial charge on any atom is -0.309 e. The number of hydrogen-bond acceptors (Lipinski definition) is 1. The molecule has 0 radical (unpaired) electrons. The lowest BCUT2D eigenvalue weighted by molar-refractivity contribution is 0.403. The lowest BCUT2D eigenvalue weighted by Crippen LogP contribution is -2.37. The van der Waals surface area contributed by atoms with Crippen LogP contribution >= 0.6 is 0 Å². The third-order valence-electron chi connectivity index (χ3n) is 2.80. The minimum absolute atomic E-state index is 0.730. The molecule has 0 bridgehead atoms. The first-order valence-corrected chi connectivity index (χ1v) is 9.18. The zero-order valence-electron chi connectivity index (χ0n) is 10.6. The van der Waals surface area contributed by atoms with Crippen LogP contribution in [0.4, 0.5) is 0 Å². The number of benzene rings is 1. The summed E-state index contributed by atoms with van der Waals surface area (Å²) < 4.78 is 0. The summed E-state index contributed by atoms with van der Waals surface area (Å²) in [6.45, 7) is 8.52. The van der Waals surface area contributed by atoms with E-state index in [9.17, 15) is 0 Å². The van der Waals surface area contributed by atoms with E-state index in [0.29, 0.717) is 0 Å². The van der Waals surface area contributed by atoms with Crippen molar-refractivity contribution in [1.29, 1.82) is 0 Å². The maximum atomic E-state index is 2.45. The molecule has 84 valence electrons. The van der Waals surface area contributed by atoms with E-state index < -0.39 is 8.07 Å². The van der Waals surface area contributed by atoms with E-state index in [1.165, 1.54) is 12.1 Å². The summed E-state index contributed by atoms with van der Waals surface area (Å²) in [6, 6.07) is 10.9. The third kappa shape index (κ3) is 3.80. The fourth-order valence-electron chi connectivity index (χ4n) is 1.93. The molecule has 1 nitrogen and oxygen atoms in total. The Kier molecular flexibility index (Phi) is 4.11. The zero-order valence-corrected chi connectivity index (χ0v) is 11.6. The SMILES string of the molecule is CN(C)CC(c1ccccc1)[Si](C)(C)C. The van der Waals surface area contributed by atoms with Crippen molar-refractivity contribution < 1.29 is 0 Å². The van der Waals surface area contributed by atoms with Crippen molar-refractivity contribution in [2.75, 3.05) is 20.6 Å². The van der Waals surface area contributed by atoms with Gasteiger partial charge in [-0.05, 0) is 25.2 Å². The van der Waals surface area contributed by atoms with E-state index in [4.69, 9.17) is 0 Å². The maximum Gasteiger partial charge on any atom is 0.0537 e. The van der Waals surface area contributed by atoms with Crippen LogP contribution in [0.5, 0.6) is 0 Å². The number of likely N-dealkylation sites (N-methyl/N-ethyl adjacent to an activating group) is 1. The van der Waals surface area contributed by atoms with Gasteiger partial charge < -0.3 is 4.90 Å². The molecule has 1 unspecified atom stereocenters. The summed E-state index contributed by atoms with van der Waals surface area (Å²) in [5.74, 6) is 0. The van der Waals surface area contributed by atoms with Gasteiger partial charge in [-0.2, -0.15) is 0 Å². The van der Waals surface area contributed by atoms with Gasteiger partial charge in [0, 0.05) is 6.54 Å². The lowest BCUT2D eigenvalue weighted by Gasteiger charge is -2.31. The van der Waals surface area contributed by atoms with Crippen molar-refractivity contribution >= 4 is 8.07 Å². The number of rotatable bonds is 4. The zero-order chi connectivity index (χ0) is 11.5. The van der Waals surface area contributed by atoms with Gasteiger partial charge >= 0.3 is 0 Å². The minimum atomic E-state index is -1.13. The molecule has 0 heterocycles. The molecule has 0 fully saturated rings. The summed E-state index contributed by atoms with van der Waals surface area (Å²) in [7, 11) is 3.19. The Labute approximate surface area is 95.1 Å². The Bertz CT molecular complexity index is 287. The summed E-state index contributed by atoms with van der Waals surface area (Å²) in [4.78, 5) is 2.30. The Morgan fingerprint density at radius 3 is 2.00 bits per heavy atom. The maximum absolute atomic E-state index is 2.45. The second-order valence-electron chi connectivity index (χ2n) is 5.59. The highest BCUT2D eigenvalue weighted by molar-refractivity contribution is 6.77. The average molecular weight is 221 g/mol. The van der Waals surface area contributed by atoms with Gasteiger partial charge in [0.2, 0.25) is 0 Å². The Balaban J connectivity index is 2.92. The molecule has 0 saturated heterocycles. The van der Waals surface area contributed by atoms with E-state index in [1.54, 1.807) is 0 Å². The monoisotopic (exact) mass is 221 g/mol. The van der Waals surface area contributed by atoms with E-state index in [2.05, 4.69) is 69.0 Å². The van der Waals surface area contributed by atoms with Crippen LogP contribution in [0.2, 0.25) is 19.6 Å². The predicted octanol–water partition coefficient (Wildman–Crippen LogP) is 3.21. The smallest absolute Gasteiger partial charge is 0.0537 e. The van der Waals surface area contributed by atoms with Crippen molar-refractivity contribution in [2.24, 2.45) is 0 Å². The molecule has 1 rings (SSSR count). The first-order valence-electron chi connectivity index (χ1n) is 5.61. The first kappa shape index (κ1) is 12.5. The Morgan fingerprint density at radius 2 is 1.60 bits per heavy atom. The second-order valence-corrected chi connectivity index (χ2v) is 11.0. The fourth-order valence-corrected chi connectivity index (χ4v) is 4.04. The van der Waals surface area contributed by atoms with Crippen LogP contribution in [0.15, 0.2) is 30.3 Å². The second kappa shape index (κ2) is 4.95. The summed E-state index contributed by atoms with van der Waals surface area (Å²) in [5.41, 5.74) is 2.24. The average Bonchev–Trinajstić information content (AvgIpc) is 2.14. The van der Waals surface area contributed by atoms with E-state index in [1.807, 2.05) is 0 Å². The van der Waals surface area contributed by atoms with Crippen molar-refractivity contribution in [2.45, 2.75) is 25.2 Å². The summed E-state index contributed by atoms with van der Waals surface area (Å²) >= 11 is 0. The standard InChI is InChI=1S/C13H23NSi/c1-14(2)11-13(15(3,4)5)12-9-7-6-8-10-12/h6-10,13H,11H2,1-5H3. The highest BCUT2D eigenvalue weighted by Crippen LogP contribution is 2.27. The van der Waals surface area contributed by atoms with Crippen molar-refractivity contribution in [3.05, 3.63) is 35.9 Å². The molecule has 15 heavy (non-hydrogen) atoms. The Hall–Kier alpha value is -0.603. The van der Waals surface area contributed by atoms with Crippen LogP contribution in [0.25, 0.3) is 0 Å². The fraction of sp³-hybridized carbons (Fsp3) is 0.538. The molecule has 0 aliphatic carbocycles. The highest BCUT2D eigenvalue weighted by Gasteiger charge is 2.28. The van der Waals surface area contributed by atoms with Crippen LogP contribution in [-0.2, 0) is 0 Å². The van der Waals surface area contributed by atoms with Gasteiger partial charge in [-0.1, -0.05) is 50.0 Å². The topological polar surface area (TPSA) is 3.24 Å². The van der Waals surface area contributed by atoms with E-state index >= 15 is 0 Å². The largest absolute Gasteiger partial charge is 0.309 e. The van der Waals surface area contributed by atoms with Gasteiger partial charge in [0.05, 0.1) is 8.07 Å². The molecule has 0 saturated carbocycles. The Morgan fingerprint density at radius 1 is 1.07 bits per heavy atom. The van der Waals surface area contributed by atoms with E-state index in [-0.39, 0.29) is 0 Å². The normalized spacial score (nSPS) is 14.3. The highest BCUT2D eigenvalue weighted by atomic mass is 28.3. The third-order valence-corrected chi connectivity index (χ3v) is 5.40. The molecule has 0 aliphatic heterocycles. The van der Waals surface area contributed by atoms with E-state index in [0.717, 1.165) is 5.54 Å². The van der Waals surface area contributed by atoms with Gasteiger partial charge in [-0.15, -0.1) is 0 Å². The molecule has 1 aromatic carbocycles. The molecular weight excluding hydrogens is 198 g/mol. The molecule has 0 spiro atoms. The van der Waals surface area contributed by atoms with Crippen LogP contribution < -0.4 is 0 Å². The number of hydrogen-bond donors (Lipinski definition) is 0. The molecule has 0 aromatic heterocycles. The van der Waals surface area contributed by atoms with Crippen molar-refractivity contribution in [1.82, 2.24) is 4.90 Å². The van der Waals surface area contributed by atoms with Gasteiger partial charge in [0.1, 0.15) is 0 Å². The quantitative estimate of drug-likeness (QED) is 0.706.